The number of methoxy groups -OCH3 is 1. The highest BCUT2D eigenvalue weighted by atomic mass is 16.5. The fourth-order valence-electron chi connectivity index (χ4n) is 4.76. The van der Waals surface area contributed by atoms with E-state index >= 15 is 0 Å². The lowest BCUT2D eigenvalue weighted by Crippen LogP contribution is -2.48. The van der Waals surface area contributed by atoms with E-state index in [0.717, 1.165) is 5.56 Å². The van der Waals surface area contributed by atoms with Gasteiger partial charge in [0.2, 0.25) is 5.91 Å². The Morgan fingerprint density at radius 3 is 2.42 bits per heavy atom. The molecule has 5 rings (SSSR count). The summed E-state index contributed by atoms with van der Waals surface area (Å²) in [6.07, 6.45) is 0. The second-order valence-corrected chi connectivity index (χ2v) is 9.66. The van der Waals surface area contributed by atoms with Crippen LogP contribution in [0.15, 0.2) is 77.8 Å². The Hall–Kier alpha value is -4.47. The molecule has 1 aliphatic rings. The predicted octanol–water partition coefficient (Wildman–Crippen LogP) is 4.04. The second-order valence-electron chi connectivity index (χ2n) is 9.66. The molecule has 9 nitrogen and oxygen atoms in total. The normalized spacial score (nSPS) is 16.2. The zero-order valence-electron chi connectivity index (χ0n) is 25.4. The van der Waals surface area contributed by atoms with Gasteiger partial charge in [0.15, 0.2) is 5.88 Å². The third kappa shape index (κ3) is 5.75. The van der Waals surface area contributed by atoms with Gasteiger partial charge in [-0.1, -0.05) is 36.4 Å². The molecule has 0 saturated carbocycles. The molecule has 1 aliphatic heterocycles. The van der Waals surface area contributed by atoms with Crippen LogP contribution in [-0.4, -0.2) is 91.3 Å². The van der Waals surface area contributed by atoms with Crippen LogP contribution in [0.4, 0.5) is 11.4 Å². The number of esters is 1. The smallest absolute Gasteiger partial charge is 0.337 e. The van der Waals surface area contributed by atoms with Crippen molar-refractivity contribution in [3.63, 3.8) is 0 Å². The lowest BCUT2D eigenvalue weighted by atomic mass is 10.00. The molecule has 0 unspecified atom stereocenters. The van der Waals surface area contributed by atoms with E-state index in [2.05, 4.69) is 4.98 Å². The van der Waals surface area contributed by atoms with E-state index < -0.39 is 12.9 Å². The fraction of sp³-hybridized carbons (Fsp3) is 0.258. The predicted molar refractivity (Wildman–Crippen MR) is 157 cm³/mol. The Kier molecular flexibility index (Phi) is 6.87. The van der Waals surface area contributed by atoms with Crippen LogP contribution in [-0.2, 0) is 9.53 Å². The first kappa shape index (κ1) is 23.4. The number of fused-ring (bicyclic) bond motifs is 1. The maximum Gasteiger partial charge on any atom is 0.337 e. The standard InChI is InChI=1S/C31H33N5O4/c1-34-15-17-36(18-16-34)20-27(37)35(2)24-12-10-23(11-13-24)32-29(21-7-5-4-6-8-21)28-25-14-9-22(31(39)40-3)19-26(25)33-30(28)38/h4-14,19,33,38H,15-18,20H2,1-3H3/i1+1D3. The number of ether oxygens (including phenoxy) is 1. The van der Waals surface area contributed by atoms with Crippen LogP contribution >= 0.6 is 0 Å². The first-order valence-corrected chi connectivity index (χ1v) is 13.0. The van der Waals surface area contributed by atoms with Gasteiger partial charge >= 0.3 is 5.97 Å². The molecule has 40 heavy (non-hydrogen) atoms. The third-order valence-corrected chi connectivity index (χ3v) is 7.07. The molecule has 2 N–H and O–H groups in total. The third-order valence-electron chi connectivity index (χ3n) is 7.07. The SMILES string of the molecule is [2H][13C]([2H])([2H])N1CCN(CC(=O)N(C)c2ccc(N=C(c3ccccc3)c3c(O)[nH]c4cc(C(=O)OC)ccc34)cc2)CC1. The summed E-state index contributed by atoms with van der Waals surface area (Å²) in [6.45, 7) is -0.110. The molecule has 9 heteroatoms. The number of benzene rings is 3. The minimum atomic E-state index is -2.11. The summed E-state index contributed by atoms with van der Waals surface area (Å²) in [6, 6.07) is 21.7. The number of anilines is 1. The highest BCUT2D eigenvalue weighted by Gasteiger charge is 2.21. The highest BCUT2D eigenvalue weighted by Crippen LogP contribution is 2.32. The summed E-state index contributed by atoms with van der Waals surface area (Å²) in [4.78, 5) is 37.9. The van der Waals surface area contributed by atoms with Crippen molar-refractivity contribution in [2.75, 3.05) is 58.8 Å². The number of hydrogen-bond donors (Lipinski definition) is 2. The van der Waals surface area contributed by atoms with Crippen molar-refractivity contribution < 1.29 is 23.5 Å². The molecule has 1 aromatic heterocycles. The molecular formula is C31H33N5O4. The number of nitrogens with one attached hydrogen (secondary N) is 1. The zero-order chi connectivity index (χ0) is 30.7. The van der Waals surface area contributed by atoms with Gasteiger partial charge in [-0.15, -0.1) is 0 Å². The van der Waals surface area contributed by atoms with Crippen LogP contribution in [0.1, 0.15) is 25.6 Å². The van der Waals surface area contributed by atoms with Crippen LogP contribution in [0.5, 0.6) is 5.88 Å². The minimum Gasteiger partial charge on any atom is -0.494 e. The van der Waals surface area contributed by atoms with Gasteiger partial charge in [0.25, 0.3) is 0 Å². The molecule has 0 spiro atoms. The summed E-state index contributed by atoms with van der Waals surface area (Å²) in [5.41, 5.74) is 4.03. The number of aliphatic imine (C=N–C) groups is 1. The van der Waals surface area contributed by atoms with Gasteiger partial charge in [-0.25, -0.2) is 9.79 Å². The largest absolute Gasteiger partial charge is 0.494 e. The number of aromatic nitrogens is 1. The second kappa shape index (κ2) is 11.7. The number of likely N-dealkylation sites (N-methyl/N-ethyl adjacent to an activating group) is 2. The van der Waals surface area contributed by atoms with Crippen LogP contribution in [0.25, 0.3) is 10.9 Å². The molecule has 4 aromatic rings. The number of carbonyl (C=O) groups excluding carboxylic acids is 2. The average Bonchev–Trinajstić information content (AvgIpc) is 3.34. The zero-order valence-corrected chi connectivity index (χ0v) is 22.4. The van der Waals surface area contributed by atoms with E-state index in [0.29, 0.717) is 65.3 Å². The van der Waals surface area contributed by atoms with Gasteiger partial charge in [-0.05, 0) is 43.4 Å². The Bertz CT molecular complexity index is 1640. The molecular weight excluding hydrogens is 507 g/mol. The Balaban J connectivity index is 1.38. The van der Waals surface area contributed by atoms with Gasteiger partial charge in [0.1, 0.15) is 0 Å². The topological polar surface area (TPSA) is 101 Å². The molecule has 1 saturated heterocycles. The minimum absolute atomic E-state index is 0.0822. The Labute approximate surface area is 237 Å². The van der Waals surface area contributed by atoms with Crippen molar-refractivity contribution in [2.24, 2.45) is 4.99 Å². The van der Waals surface area contributed by atoms with E-state index in [-0.39, 0.29) is 18.3 Å². The van der Waals surface area contributed by atoms with Crippen molar-refractivity contribution in [1.82, 2.24) is 14.8 Å². The number of aromatic amines is 1. The van der Waals surface area contributed by atoms with E-state index in [1.54, 1.807) is 42.3 Å². The van der Waals surface area contributed by atoms with Crippen LogP contribution < -0.4 is 4.90 Å². The number of rotatable bonds is 7. The van der Waals surface area contributed by atoms with Crippen molar-refractivity contribution in [3.05, 3.63) is 89.5 Å². The molecule has 0 bridgehead atoms. The quantitative estimate of drug-likeness (QED) is 0.207. The summed E-state index contributed by atoms with van der Waals surface area (Å²) in [5.74, 6) is -0.658. The summed E-state index contributed by atoms with van der Waals surface area (Å²) in [5, 5.41) is 11.7. The van der Waals surface area contributed by atoms with Crippen LogP contribution in [0.3, 0.4) is 0 Å². The van der Waals surface area contributed by atoms with Crippen molar-refractivity contribution in [2.45, 2.75) is 0 Å². The van der Waals surface area contributed by atoms with Gasteiger partial charge in [0, 0.05) is 59.5 Å². The molecule has 0 radical (unpaired) electrons. The van der Waals surface area contributed by atoms with Gasteiger partial charge in [-0.3, -0.25) is 9.69 Å². The van der Waals surface area contributed by atoms with E-state index in [4.69, 9.17) is 13.8 Å². The molecule has 0 aliphatic carbocycles. The number of aromatic hydroxyl groups is 1. The van der Waals surface area contributed by atoms with Crippen LogP contribution in [0, 0.1) is 0 Å². The molecule has 3 aromatic carbocycles. The van der Waals surface area contributed by atoms with Crippen molar-refractivity contribution in [3.8, 4) is 5.88 Å². The average molecular weight is 544 g/mol. The monoisotopic (exact) mass is 543 g/mol. The summed E-state index contributed by atoms with van der Waals surface area (Å²) >= 11 is 0. The number of piperazine rings is 1. The van der Waals surface area contributed by atoms with Gasteiger partial charge < -0.3 is 24.6 Å². The lowest BCUT2D eigenvalue weighted by Gasteiger charge is -2.32. The maximum absolute atomic E-state index is 13.0. The van der Waals surface area contributed by atoms with Crippen LogP contribution in [0.2, 0.25) is 0 Å². The molecule has 206 valence electrons. The molecule has 0 atom stereocenters. The number of H-pyrrole nitrogens is 1. The highest BCUT2D eigenvalue weighted by molar-refractivity contribution is 6.22. The first-order valence-electron chi connectivity index (χ1n) is 14.5. The van der Waals surface area contributed by atoms with Crippen molar-refractivity contribution in [1.29, 1.82) is 0 Å². The number of nitrogens with zero attached hydrogens (tertiary/aromatic N) is 4. The Morgan fingerprint density at radius 1 is 1.02 bits per heavy atom. The van der Waals surface area contributed by atoms with E-state index in [1.807, 2.05) is 47.4 Å². The van der Waals surface area contributed by atoms with Gasteiger partial charge in [0.05, 0.1) is 36.2 Å². The molecule has 2 heterocycles. The maximum atomic E-state index is 13.0. The lowest BCUT2D eigenvalue weighted by molar-refractivity contribution is -0.119. The van der Waals surface area contributed by atoms with Crippen molar-refractivity contribution >= 4 is 39.9 Å². The number of amides is 1. The Morgan fingerprint density at radius 2 is 1.75 bits per heavy atom. The van der Waals surface area contributed by atoms with Gasteiger partial charge in [-0.2, -0.15) is 0 Å². The fourth-order valence-corrected chi connectivity index (χ4v) is 4.76. The summed E-state index contributed by atoms with van der Waals surface area (Å²) in [7, 11) is 3.02. The van der Waals surface area contributed by atoms with E-state index in [9.17, 15) is 14.7 Å². The van der Waals surface area contributed by atoms with E-state index in [1.165, 1.54) is 12.0 Å². The molecule has 1 amide bonds. The summed E-state index contributed by atoms with van der Waals surface area (Å²) < 4.78 is 27.5. The number of carbonyl (C=O) groups is 2. The first-order chi connectivity index (χ1) is 20.5. The number of hydrogen-bond acceptors (Lipinski definition) is 7. The molecule has 1 fully saturated rings.